The maximum Gasteiger partial charge on any atom is 0.276 e. The maximum atomic E-state index is 13.1. The van der Waals surface area contributed by atoms with E-state index in [4.69, 9.17) is 9.47 Å². The van der Waals surface area contributed by atoms with Gasteiger partial charge >= 0.3 is 0 Å². The number of aromatic nitrogens is 2. The van der Waals surface area contributed by atoms with Crippen LogP contribution in [0.15, 0.2) is 59.4 Å². The third-order valence-corrected chi connectivity index (χ3v) is 4.36. The fraction of sp³-hybridized carbons (Fsp3) is 0.190. The number of ether oxygens (including phenoxy) is 2. The highest BCUT2D eigenvalue weighted by molar-refractivity contribution is 5.92. The van der Waals surface area contributed by atoms with Gasteiger partial charge in [-0.15, -0.1) is 0 Å². The van der Waals surface area contributed by atoms with Gasteiger partial charge in [0.2, 0.25) is 11.3 Å². The van der Waals surface area contributed by atoms with Gasteiger partial charge in [-0.1, -0.05) is 12.1 Å². The summed E-state index contributed by atoms with van der Waals surface area (Å²) in [5, 5.41) is 6.91. The molecule has 1 N–H and O–H groups in total. The summed E-state index contributed by atoms with van der Waals surface area (Å²) in [6.07, 6.45) is 0. The molecule has 1 atom stereocenters. The van der Waals surface area contributed by atoms with Gasteiger partial charge in [0.1, 0.15) is 11.6 Å². The SMILES string of the molecule is COc1ccc(-n2nc(C(=O)N[C@H](C)c3ccc(F)cc3)c(=O)cc2OC)cc1. The third kappa shape index (κ3) is 4.43. The normalized spacial score (nSPS) is 11.6. The molecule has 0 saturated carbocycles. The Labute approximate surface area is 166 Å². The topological polar surface area (TPSA) is 82.5 Å². The van der Waals surface area contributed by atoms with Crippen molar-refractivity contribution in [3.63, 3.8) is 0 Å². The van der Waals surface area contributed by atoms with E-state index in [9.17, 15) is 14.0 Å². The van der Waals surface area contributed by atoms with Crippen LogP contribution in [0, 0.1) is 5.82 Å². The highest BCUT2D eigenvalue weighted by Crippen LogP contribution is 2.19. The van der Waals surface area contributed by atoms with E-state index in [-0.39, 0.29) is 17.4 Å². The van der Waals surface area contributed by atoms with Crippen LogP contribution in [0.25, 0.3) is 5.69 Å². The predicted molar refractivity (Wildman–Crippen MR) is 105 cm³/mol. The number of methoxy groups -OCH3 is 2. The van der Waals surface area contributed by atoms with Gasteiger partial charge < -0.3 is 14.8 Å². The van der Waals surface area contributed by atoms with E-state index in [0.717, 1.165) is 0 Å². The van der Waals surface area contributed by atoms with Crippen molar-refractivity contribution in [2.75, 3.05) is 14.2 Å². The molecule has 0 aliphatic carbocycles. The summed E-state index contributed by atoms with van der Waals surface area (Å²) in [6, 6.07) is 13.4. The average molecular weight is 397 g/mol. The number of hydrogen-bond donors (Lipinski definition) is 1. The monoisotopic (exact) mass is 397 g/mol. The molecule has 1 amide bonds. The molecule has 1 aromatic heterocycles. The molecule has 8 heteroatoms. The molecular weight excluding hydrogens is 377 g/mol. The Balaban J connectivity index is 1.92. The smallest absolute Gasteiger partial charge is 0.276 e. The summed E-state index contributed by atoms with van der Waals surface area (Å²) in [5.41, 5.74) is 0.429. The van der Waals surface area contributed by atoms with Crippen LogP contribution in [0.5, 0.6) is 11.6 Å². The van der Waals surface area contributed by atoms with Gasteiger partial charge in [0, 0.05) is 0 Å². The van der Waals surface area contributed by atoms with Crippen LogP contribution in [0.1, 0.15) is 29.0 Å². The van der Waals surface area contributed by atoms with E-state index < -0.39 is 17.4 Å². The molecule has 0 spiro atoms. The fourth-order valence-corrected chi connectivity index (χ4v) is 2.75. The zero-order chi connectivity index (χ0) is 21.0. The van der Waals surface area contributed by atoms with E-state index >= 15 is 0 Å². The first-order valence-electron chi connectivity index (χ1n) is 8.82. The summed E-state index contributed by atoms with van der Waals surface area (Å²) in [6.45, 7) is 1.73. The van der Waals surface area contributed by atoms with Gasteiger partial charge in [-0.25, -0.2) is 9.07 Å². The zero-order valence-corrected chi connectivity index (χ0v) is 16.2. The first-order chi connectivity index (χ1) is 13.9. The van der Waals surface area contributed by atoms with Gasteiger partial charge in [0.05, 0.1) is 32.0 Å². The quantitative estimate of drug-likeness (QED) is 0.692. The summed E-state index contributed by atoms with van der Waals surface area (Å²) in [4.78, 5) is 25.1. The van der Waals surface area contributed by atoms with Crippen molar-refractivity contribution in [3.05, 3.63) is 81.9 Å². The first-order valence-corrected chi connectivity index (χ1v) is 8.82. The predicted octanol–water partition coefficient (Wildman–Crippen LogP) is 2.88. The Morgan fingerprint density at radius 3 is 2.31 bits per heavy atom. The molecule has 29 heavy (non-hydrogen) atoms. The second kappa shape index (κ2) is 8.55. The molecule has 150 valence electrons. The van der Waals surface area contributed by atoms with Crippen molar-refractivity contribution in [2.45, 2.75) is 13.0 Å². The number of carbonyl (C=O) groups is 1. The Hall–Kier alpha value is -3.68. The van der Waals surface area contributed by atoms with Gasteiger partial charge in [-0.3, -0.25) is 9.59 Å². The van der Waals surface area contributed by atoms with Crippen LogP contribution >= 0.6 is 0 Å². The van der Waals surface area contributed by atoms with Crippen molar-refractivity contribution < 1.29 is 18.7 Å². The number of benzene rings is 2. The van der Waals surface area contributed by atoms with E-state index in [2.05, 4.69) is 10.4 Å². The largest absolute Gasteiger partial charge is 0.497 e. The first kappa shape index (κ1) is 20.1. The molecular formula is C21H20FN3O4. The van der Waals surface area contributed by atoms with Crippen molar-refractivity contribution in [2.24, 2.45) is 0 Å². The molecule has 1 heterocycles. The molecule has 3 rings (SSSR count). The van der Waals surface area contributed by atoms with Crippen molar-refractivity contribution in [3.8, 4) is 17.3 Å². The molecule has 0 radical (unpaired) electrons. The standard InChI is InChI=1S/C21H20FN3O4/c1-13(14-4-6-15(22)7-5-14)23-21(27)20-18(26)12-19(29-3)25(24-20)16-8-10-17(28-2)11-9-16/h4-13H,1-3H3,(H,23,27)/t13-/m1/s1. The van der Waals surface area contributed by atoms with E-state index in [0.29, 0.717) is 17.0 Å². The maximum absolute atomic E-state index is 13.1. The molecule has 0 saturated heterocycles. The van der Waals surface area contributed by atoms with Gasteiger partial charge in [0.15, 0.2) is 5.69 Å². The Bertz CT molecular complexity index is 1060. The van der Waals surface area contributed by atoms with E-state index in [1.807, 2.05) is 0 Å². The van der Waals surface area contributed by atoms with Crippen molar-refractivity contribution >= 4 is 5.91 Å². The Morgan fingerprint density at radius 1 is 1.07 bits per heavy atom. The second-order valence-electron chi connectivity index (χ2n) is 6.26. The van der Waals surface area contributed by atoms with Crippen LogP contribution in [0.3, 0.4) is 0 Å². The van der Waals surface area contributed by atoms with Crippen molar-refractivity contribution in [1.29, 1.82) is 0 Å². The number of amides is 1. The minimum atomic E-state index is -0.642. The molecule has 3 aromatic rings. The molecule has 7 nitrogen and oxygen atoms in total. The number of nitrogens with zero attached hydrogens (tertiary/aromatic N) is 2. The molecule has 0 fully saturated rings. The number of hydrogen-bond acceptors (Lipinski definition) is 5. The van der Waals surface area contributed by atoms with Gasteiger partial charge in [-0.05, 0) is 48.9 Å². The molecule has 0 bridgehead atoms. The van der Waals surface area contributed by atoms with E-state index in [1.54, 1.807) is 50.4 Å². The van der Waals surface area contributed by atoms with Crippen LogP contribution in [0.2, 0.25) is 0 Å². The molecule has 0 unspecified atom stereocenters. The lowest BCUT2D eigenvalue weighted by atomic mass is 10.1. The van der Waals surface area contributed by atoms with Gasteiger partial charge in [-0.2, -0.15) is 5.10 Å². The second-order valence-corrected chi connectivity index (χ2v) is 6.26. The molecule has 0 aliphatic heterocycles. The average Bonchev–Trinajstić information content (AvgIpc) is 2.73. The molecule has 0 aliphatic rings. The third-order valence-electron chi connectivity index (χ3n) is 4.36. The minimum absolute atomic E-state index is 0.184. The van der Waals surface area contributed by atoms with Gasteiger partial charge in [0.25, 0.3) is 5.91 Å². The van der Waals surface area contributed by atoms with Crippen LogP contribution in [-0.2, 0) is 0 Å². The van der Waals surface area contributed by atoms with E-state index in [1.165, 1.54) is 30.0 Å². The Kier molecular flexibility index (Phi) is 5.92. The molecule has 2 aromatic carbocycles. The van der Waals surface area contributed by atoms with Crippen LogP contribution in [0.4, 0.5) is 4.39 Å². The summed E-state index contributed by atoms with van der Waals surface area (Å²) in [7, 11) is 2.96. The number of carbonyl (C=O) groups excluding carboxylic acids is 1. The number of nitrogens with one attached hydrogen (secondary N) is 1. The highest BCUT2D eigenvalue weighted by Gasteiger charge is 2.19. The lowest BCUT2D eigenvalue weighted by Crippen LogP contribution is -2.33. The lowest BCUT2D eigenvalue weighted by Gasteiger charge is -2.16. The Morgan fingerprint density at radius 2 is 1.72 bits per heavy atom. The summed E-state index contributed by atoms with van der Waals surface area (Å²) in [5.74, 6) is -0.175. The fourth-order valence-electron chi connectivity index (χ4n) is 2.75. The van der Waals surface area contributed by atoms with Crippen LogP contribution in [-0.4, -0.2) is 29.9 Å². The van der Waals surface area contributed by atoms with Crippen molar-refractivity contribution in [1.82, 2.24) is 15.1 Å². The highest BCUT2D eigenvalue weighted by atomic mass is 19.1. The number of halogens is 1. The summed E-state index contributed by atoms with van der Waals surface area (Å²) >= 11 is 0. The summed E-state index contributed by atoms with van der Waals surface area (Å²) < 4.78 is 24.8. The van der Waals surface area contributed by atoms with Crippen LogP contribution < -0.4 is 20.2 Å². The minimum Gasteiger partial charge on any atom is -0.497 e. The lowest BCUT2D eigenvalue weighted by molar-refractivity contribution is 0.0931. The number of rotatable bonds is 6. The zero-order valence-electron chi connectivity index (χ0n) is 16.2.